The molecule has 0 fully saturated rings. The number of hydrogen-bond acceptors (Lipinski definition) is 1. The number of nitrogens with zero attached hydrogens (tertiary/aromatic N) is 1. The molecule has 0 aromatic carbocycles. The zero-order valence-corrected chi connectivity index (χ0v) is 4.94. The number of imidazole rings is 1. The second-order valence-electron chi connectivity index (χ2n) is 1.72. The fourth-order valence-corrected chi connectivity index (χ4v) is 0.622. The highest BCUT2D eigenvalue weighted by Gasteiger charge is 1.88. The van der Waals surface area contributed by atoms with Crippen LogP contribution in [0.3, 0.4) is 0 Å². The van der Waals surface area contributed by atoms with E-state index in [1.54, 1.807) is 6.33 Å². The second kappa shape index (κ2) is 2.50. The average molecular weight is 109 g/mol. The summed E-state index contributed by atoms with van der Waals surface area (Å²) < 4.78 is 0. The van der Waals surface area contributed by atoms with E-state index in [0.717, 1.165) is 18.5 Å². The molecule has 0 bridgehead atoms. The zero-order valence-electron chi connectivity index (χ0n) is 4.94. The third-order valence-electron chi connectivity index (χ3n) is 0.988. The summed E-state index contributed by atoms with van der Waals surface area (Å²) in [5.41, 5.74) is 1.03. The molecule has 2 heteroatoms. The summed E-state index contributed by atoms with van der Waals surface area (Å²) in [6.07, 6.45) is 6.73. The summed E-state index contributed by atoms with van der Waals surface area (Å²) in [6, 6.07) is 0. The van der Waals surface area contributed by atoms with Crippen molar-refractivity contribution in [2.45, 2.75) is 19.8 Å². The van der Waals surface area contributed by atoms with E-state index in [4.69, 9.17) is 0 Å². The monoisotopic (exact) mass is 109 g/mol. The smallest absolute Gasteiger partial charge is 0.0928 e. The fourth-order valence-electron chi connectivity index (χ4n) is 0.622. The molecule has 0 saturated carbocycles. The molecule has 2 nitrogen and oxygen atoms in total. The normalized spacial score (nSPS) is 9.62. The quantitative estimate of drug-likeness (QED) is 0.606. The van der Waals surface area contributed by atoms with Gasteiger partial charge in [0.1, 0.15) is 0 Å². The van der Waals surface area contributed by atoms with Gasteiger partial charge in [0.25, 0.3) is 0 Å². The van der Waals surface area contributed by atoms with Crippen LogP contribution in [0.4, 0.5) is 0 Å². The Hall–Kier alpha value is -0.790. The van der Waals surface area contributed by atoms with Crippen molar-refractivity contribution in [1.29, 1.82) is 0 Å². The van der Waals surface area contributed by atoms with Crippen molar-refractivity contribution in [2.24, 2.45) is 0 Å². The van der Waals surface area contributed by atoms with Crippen molar-refractivity contribution in [3.8, 4) is 0 Å². The molecule has 0 amide bonds. The molecule has 1 radical (unpaired) electrons. The van der Waals surface area contributed by atoms with Crippen molar-refractivity contribution in [2.75, 3.05) is 0 Å². The Labute approximate surface area is 49.0 Å². The van der Waals surface area contributed by atoms with Gasteiger partial charge in [-0.25, -0.2) is 4.98 Å². The third kappa shape index (κ3) is 1.09. The van der Waals surface area contributed by atoms with Gasteiger partial charge < -0.3 is 4.98 Å². The van der Waals surface area contributed by atoms with Crippen LogP contribution in [0.5, 0.6) is 0 Å². The lowest BCUT2D eigenvalue weighted by Gasteiger charge is -1.83. The van der Waals surface area contributed by atoms with Gasteiger partial charge in [0.15, 0.2) is 0 Å². The lowest BCUT2D eigenvalue weighted by atomic mass is 10.3. The lowest BCUT2D eigenvalue weighted by molar-refractivity contribution is 0.890. The van der Waals surface area contributed by atoms with E-state index in [0.29, 0.717) is 0 Å². The number of H-pyrrole nitrogens is 1. The Bertz CT molecular complexity index is 132. The van der Waals surface area contributed by atoms with Crippen LogP contribution >= 0.6 is 0 Å². The van der Waals surface area contributed by atoms with E-state index in [2.05, 4.69) is 23.1 Å². The van der Waals surface area contributed by atoms with Crippen molar-refractivity contribution in [3.63, 3.8) is 0 Å². The van der Waals surface area contributed by atoms with E-state index in [1.807, 2.05) is 0 Å². The largest absolute Gasteiger partial charge is 0.343 e. The summed E-state index contributed by atoms with van der Waals surface area (Å²) in [5.74, 6) is 0. The molecule has 1 rings (SSSR count). The molecular weight excluding hydrogens is 100 g/mol. The number of aromatic amines is 1. The first-order chi connectivity index (χ1) is 3.93. The van der Waals surface area contributed by atoms with E-state index in [-0.39, 0.29) is 0 Å². The maximum atomic E-state index is 3.99. The highest BCUT2D eigenvalue weighted by molar-refractivity contribution is 4.90. The van der Waals surface area contributed by atoms with E-state index in [1.165, 1.54) is 0 Å². The highest BCUT2D eigenvalue weighted by atomic mass is 14.9. The molecular formula is C6H9N2. The minimum atomic E-state index is 1.03. The van der Waals surface area contributed by atoms with Crippen LogP contribution in [0.1, 0.15) is 19.0 Å². The Morgan fingerprint density at radius 3 is 3.25 bits per heavy atom. The van der Waals surface area contributed by atoms with Gasteiger partial charge in [-0.05, 0) is 6.42 Å². The van der Waals surface area contributed by atoms with Crippen LogP contribution < -0.4 is 0 Å². The van der Waals surface area contributed by atoms with Gasteiger partial charge in [-0.3, -0.25) is 0 Å². The van der Waals surface area contributed by atoms with Crippen LogP contribution in [0.2, 0.25) is 0 Å². The Kier molecular flexibility index (Phi) is 1.67. The minimum absolute atomic E-state index is 1.03. The van der Waals surface area contributed by atoms with Crippen molar-refractivity contribution in [3.05, 3.63) is 18.2 Å². The van der Waals surface area contributed by atoms with Gasteiger partial charge in [0, 0.05) is 0 Å². The molecule has 8 heavy (non-hydrogen) atoms. The maximum absolute atomic E-state index is 3.99. The molecule has 1 aromatic heterocycles. The molecule has 0 atom stereocenters. The SMILES string of the molecule is CCCc1[c][nH]cn1. The average Bonchev–Trinajstić information content (AvgIpc) is 2.19. The molecule has 1 N–H and O–H groups in total. The predicted molar refractivity (Wildman–Crippen MR) is 31.4 cm³/mol. The number of hydrogen-bond donors (Lipinski definition) is 1. The third-order valence-corrected chi connectivity index (χ3v) is 0.988. The second-order valence-corrected chi connectivity index (χ2v) is 1.72. The lowest BCUT2D eigenvalue weighted by Crippen LogP contribution is -1.79. The molecule has 0 saturated heterocycles. The minimum Gasteiger partial charge on any atom is -0.343 e. The molecule has 1 aromatic rings. The number of nitrogens with one attached hydrogen (secondary N) is 1. The van der Waals surface area contributed by atoms with Crippen molar-refractivity contribution < 1.29 is 0 Å². The summed E-state index contributed by atoms with van der Waals surface area (Å²) in [7, 11) is 0. The van der Waals surface area contributed by atoms with Crippen LogP contribution in [0, 0.1) is 6.20 Å². The molecule has 0 aliphatic rings. The Balaban J connectivity index is 2.50. The number of rotatable bonds is 2. The van der Waals surface area contributed by atoms with Crippen molar-refractivity contribution >= 4 is 0 Å². The summed E-state index contributed by atoms with van der Waals surface area (Å²) in [5, 5.41) is 0. The van der Waals surface area contributed by atoms with E-state index in [9.17, 15) is 0 Å². The topological polar surface area (TPSA) is 28.7 Å². The van der Waals surface area contributed by atoms with Crippen LogP contribution in [0.25, 0.3) is 0 Å². The Morgan fingerprint density at radius 2 is 2.75 bits per heavy atom. The molecule has 0 spiro atoms. The van der Waals surface area contributed by atoms with Gasteiger partial charge in [-0.15, -0.1) is 0 Å². The first-order valence-electron chi connectivity index (χ1n) is 2.83. The van der Waals surface area contributed by atoms with Crippen LogP contribution in [-0.4, -0.2) is 9.97 Å². The molecule has 43 valence electrons. The highest BCUT2D eigenvalue weighted by Crippen LogP contribution is 1.93. The molecule has 0 unspecified atom stereocenters. The van der Waals surface area contributed by atoms with E-state index < -0.39 is 0 Å². The van der Waals surface area contributed by atoms with Gasteiger partial charge >= 0.3 is 0 Å². The van der Waals surface area contributed by atoms with Crippen LogP contribution in [-0.2, 0) is 6.42 Å². The first kappa shape index (κ1) is 5.35. The van der Waals surface area contributed by atoms with Gasteiger partial charge in [-0.1, -0.05) is 13.3 Å². The fraction of sp³-hybridized carbons (Fsp3) is 0.500. The summed E-state index contributed by atoms with van der Waals surface area (Å²) in [6.45, 7) is 2.13. The van der Waals surface area contributed by atoms with Gasteiger partial charge in [0.2, 0.25) is 0 Å². The molecule has 0 aliphatic carbocycles. The molecule has 0 aliphatic heterocycles. The zero-order chi connectivity index (χ0) is 5.82. The van der Waals surface area contributed by atoms with Crippen LogP contribution in [0.15, 0.2) is 6.33 Å². The van der Waals surface area contributed by atoms with Gasteiger partial charge in [0.05, 0.1) is 18.2 Å². The first-order valence-corrected chi connectivity index (χ1v) is 2.83. The summed E-state index contributed by atoms with van der Waals surface area (Å²) >= 11 is 0. The summed E-state index contributed by atoms with van der Waals surface area (Å²) in [4.78, 5) is 6.77. The Morgan fingerprint density at radius 1 is 1.88 bits per heavy atom. The predicted octanol–water partition coefficient (Wildman–Crippen LogP) is 1.16. The molecule has 1 heterocycles. The maximum Gasteiger partial charge on any atom is 0.0928 e. The van der Waals surface area contributed by atoms with E-state index >= 15 is 0 Å². The standard InChI is InChI=1S/C6H9N2/c1-2-3-6-4-7-5-8-6/h5H,2-3H2,1H3,(H,7,8). The number of aromatic nitrogens is 2. The van der Waals surface area contributed by atoms with Crippen molar-refractivity contribution in [1.82, 2.24) is 9.97 Å². The number of aryl methyl sites for hydroxylation is 1. The van der Waals surface area contributed by atoms with Gasteiger partial charge in [-0.2, -0.15) is 0 Å².